The third kappa shape index (κ3) is 6.39. The normalized spacial score (nSPS) is 8.67. The molecule has 0 unspecified atom stereocenters. The lowest BCUT2D eigenvalue weighted by molar-refractivity contribution is 0.204. The molecule has 0 aliphatic carbocycles. The summed E-state index contributed by atoms with van der Waals surface area (Å²) in [6.45, 7) is 0.935. The number of hydrogen-bond donors (Lipinski definition) is 0. The van der Waals surface area contributed by atoms with Gasteiger partial charge in [0, 0.05) is 12.1 Å². The van der Waals surface area contributed by atoms with E-state index in [0.717, 1.165) is 0 Å². The Hall–Kier alpha value is -3.02. The summed E-state index contributed by atoms with van der Waals surface area (Å²) in [7, 11) is 3.13. The van der Waals surface area contributed by atoms with Gasteiger partial charge in [-0.2, -0.15) is 0 Å². The Morgan fingerprint density at radius 2 is 1.17 bits per heavy atom. The van der Waals surface area contributed by atoms with E-state index in [4.69, 9.17) is 31.8 Å². The molecule has 0 bridgehead atoms. The van der Waals surface area contributed by atoms with Crippen molar-refractivity contribution in [3.63, 3.8) is 0 Å². The van der Waals surface area contributed by atoms with Crippen molar-refractivity contribution < 1.29 is 18.9 Å². The number of rotatable bonds is 6. The summed E-state index contributed by atoms with van der Waals surface area (Å²) in [4.78, 5) is 0. The minimum absolute atomic E-state index is 0.228. The first kappa shape index (κ1) is 19.0. The van der Waals surface area contributed by atoms with E-state index in [-0.39, 0.29) is 26.4 Å². The first-order valence-electron chi connectivity index (χ1n) is 7.03. The third-order valence-corrected chi connectivity index (χ3v) is 2.69. The van der Waals surface area contributed by atoms with Gasteiger partial charge in [0.2, 0.25) is 0 Å². The Bertz CT molecular complexity index is 677. The van der Waals surface area contributed by atoms with Crippen LogP contribution in [0.1, 0.15) is 11.1 Å². The van der Waals surface area contributed by atoms with E-state index in [9.17, 15) is 0 Å². The second kappa shape index (κ2) is 11.5. The summed E-state index contributed by atoms with van der Waals surface area (Å²) < 4.78 is 20.9. The van der Waals surface area contributed by atoms with Gasteiger partial charge >= 0.3 is 0 Å². The summed E-state index contributed by atoms with van der Waals surface area (Å²) in [5, 5.41) is 0. The van der Waals surface area contributed by atoms with Gasteiger partial charge in [-0.3, -0.25) is 0 Å². The fourth-order valence-corrected chi connectivity index (χ4v) is 1.68. The lowest BCUT2D eigenvalue weighted by atomic mass is 10.1. The van der Waals surface area contributed by atoms with Crippen LogP contribution < -0.4 is 9.47 Å². The van der Waals surface area contributed by atoms with E-state index in [1.54, 1.807) is 26.4 Å². The van der Waals surface area contributed by atoms with Crippen molar-refractivity contribution in [3.8, 4) is 59.9 Å². The van der Waals surface area contributed by atoms with E-state index in [0.29, 0.717) is 22.6 Å². The van der Waals surface area contributed by atoms with Gasteiger partial charge in [-0.1, -0.05) is 35.5 Å². The Labute approximate surface area is 143 Å². The van der Waals surface area contributed by atoms with Gasteiger partial charge in [0.1, 0.15) is 37.9 Å². The average Bonchev–Trinajstić information content (AvgIpc) is 2.61. The zero-order valence-electron chi connectivity index (χ0n) is 13.8. The minimum Gasteiger partial charge on any atom is -0.495 e. The van der Waals surface area contributed by atoms with Crippen LogP contribution in [0.4, 0.5) is 0 Å². The first-order chi connectivity index (χ1) is 11.8. The molecule has 122 valence electrons. The summed E-state index contributed by atoms with van der Waals surface area (Å²) in [5.41, 5.74) is 1.35. The summed E-state index contributed by atoms with van der Waals surface area (Å²) in [5.74, 6) is 17.6. The second-order valence-corrected chi connectivity index (χ2v) is 4.25. The lowest BCUT2D eigenvalue weighted by Gasteiger charge is -2.09. The number of hydrogen-bond acceptors (Lipinski definition) is 4. The van der Waals surface area contributed by atoms with E-state index in [1.165, 1.54) is 0 Å². The van der Waals surface area contributed by atoms with Crippen LogP contribution in [0, 0.1) is 48.4 Å². The Morgan fingerprint density at radius 3 is 1.50 bits per heavy atom. The van der Waals surface area contributed by atoms with Gasteiger partial charge in [-0.15, -0.1) is 12.8 Å². The van der Waals surface area contributed by atoms with E-state index in [1.807, 2.05) is 0 Å². The molecule has 4 nitrogen and oxygen atoms in total. The van der Waals surface area contributed by atoms with Crippen molar-refractivity contribution in [2.45, 2.75) is 0 Å². The monoisotopic (exact) mass is 322 g/mol. The average molecular weight is 322 g/mol. The highest BCUT2D eigenvalue weighted by atomic mass is 16.5. The smallest absolute Gasteiger partial charge is 0.136 e. The van der Waals surface area contributed by atoms with Gasteiger partial charge in [-0.25, -0.2) is 0 Å². The van der Waals surface area contributed by atoms with E-state index < -0.39 is 0 Å². The van der Waals surface area contributed by atoms with Crippen LogP contribution in [0.3, 0.4) is 0 Å². The first-order valence-corrected chi connectivity index (χ1v) is 7.03. The number of benzene rings is 1. The van der Waals surface area contributed by atoms with Crippen molar-refractivity contribution in [3.05, 3.63) is 23.3 Å². The Kier molecular flexibility index (Phi) is 9.14. The fourth-order valence-electron chi connectivity index (χ4n) is 1.68. The highest BCUT2D eigenvalue weighted by Gasteiger charge is 2.08. The molecule has 0 aliphatic rings. The molecule has 0 amide bonds. The topological polar surface area (TPSA) is 36.9 Å². The van der Waals surface area contributed by atoms with Crippen LogP contribution in [-0.2, 0) is 9.47 Å². The van der Waals surface area contributed by atoms with Crippen LogP contribution in [0.5, 0.6) is 11.5 Å². The maximum absolute atomic E-state index is 5.35. The van der Waals surface area contributed by atoms with Crippen LogP contribution in [0.15, 0.2) is 12.1 Å². The molecule has 0 aliphatic heterocycles. The van der Waals surface area contributed by atoms with Crippen molar-refractivity contribution >= 4 is 0 Å². The van der Waals surface area contributed by atoms with Crippen LogP contribution in [-0.4, -0.2) is 40.6 Å². The van der Waals surface area contributed by atoms with Crippen molar-refractivity contribution in [2.24, 2.45) is 0 Å². The molecule has 0 spiro atoms. The molecular weight excluding hydrogens is 304 g/mol. The van der Waals surface area contributed by atoms with Gasteiger partial charge < -0.3 is 18.9 Å². The maximum atomic E-state index is 5.35. The van der Waals surface area contributed by atoms with E-state index >= 15 is 0 Å². The van der Waals surface area contributed by atoms with E-state index in [2.05, 4.69) is 35.5 Å². The van der Waals surface area contributed by atoms with Crippen molar-refractivity contribution in [2.75, 3.05) is 40.6 Å². The summed E-state index contributed by atoms with van der Waals surface area (Å²) in [6.07, 6.45) is 10.2. The standard InChI is InChI=1S/C20H18O4/c1-5-11-23-13-7-9-17-15-20(22-4)18(16-19(17)21-3)10-8-14-24-12-6-2/h1-2,15-16H,11-14H2,3-4H3. The molecule has 0 saturated heterocycles. The van der Waals surface area contributed by atoms with Gasteiger partial charge in [0.25, 0.3) is 0 Å². The molecule has 0 saturated carbocycles. The number of methoxy groups -OCH3 is 2. The predicted molar refractivity (Wildman–Crippen MR) is 92.6 cm³/mol. The molecule has 24 heavy (non-hydrogen) atoms. The predicted octanol–water partition coefficient (Wildman–Crippen LogP) is 1.71. The van der Waals surface area contributed by atoms with Crippen molar-refractivity contribution in [1.29, 1.82) is 0 Å². The van der Waals surface area contributed by atoms with Gasteiger partial charge in [-0.05, 0) is 0 Å². The third-order valence-electron chi connectivity index (χ3n) is 2.69. The molecule has 0 heterocycles. The van der Waals surface area contributed by atoms with Crippen LogP contribution in [0.2, 0.25) is 0 Å². The second-order valence-electron chi connectivity index (χ2n) is 4.25. The van der Waals surface area contributed by atoms with Crippen LogP contribution >= 0.6 is 0 Å². The number of ether oxygens (including phenoxy) is 4. The zero-order valence-corrected chi connectivity index (χ0v) is 13.8. The highest BCUT2D eigenvalue weighted by molar-refractivity contribution is 5.58. The number of terminal acetylenes is 2. The lowest BCUT2D eigenvalue weighted by Crippen LogP contribution is -1.96. The maximum Gasteiger partial charge on any atom is 0.136 e. The van der Waals surface area contributed by atoms with Gasteiger partial charge in [0.05, 0.1) is 25.3 Å². The molecule has 1 aromatic carbocycles. The molecular formula is C20H18O4. The SMILES string of the molecule is C#CCOCC#Cc1cc(OC)c(C#CCOCC#C)cc1OC. The van der Waals surface area contributed by atoms with Gasteiger partial charge in [0.15, 0.2) is 0 Å². The molecule has 1 aromatic rings. The zero-order chi connectivity index (χ0) is 17.6. The quantitative estimate of drug-likeness (QED) is 0.590. The molecule has 0 aromatic heterocycles. The Morgan fingerprint density at radius 1 is 0.750 bits per heavy atom. The summed E-state index contributed by atoms with van der Waals surface area (Å²) >= 11 is 0. The molecule has 0 radical (unpaired) electrons. The fraction of sp³-hybridized carbons (Fsp3) is 0.300. The summed E-state index contributed by atoms with van der Waals surface area (Å²) in [6, 6.07) is 3.53. The minimum atomic E-state index is 0.228. The largest absolute Gasteiger partial charge is 0.495 e. The highest BCUT2D eigenvalue weighted by Crippen LogP contribution is 2.27. The van der Waals surface area contributed by atoms with Crippen LogP contribution in [0.25, 0.3) is 0 Å². The van der Waals surface area contributed by atoms with Crippen molar-refractivity contribution in [1.82, 2.24) is 0 Å². The molecule has 0 atom stereocenters. The molecule has 0 N–H and O–H groups in total. The molecule has 0 fully saturated rings. The molecule has 4 heteroatoms. The Balaban J connectivity index is 2.96. The molecule has 1 rings (SSSR count).